The van der Waals surface area contributed by atoms with Gasteiger partial charge in [-0.05, 0) is 24.8 Å². The largest absolute Gasteiger partial charge is 0.396 e. The van der Waals surface area contributed by atoms with Crippen molar-refractivity contribution in [2.45, 2.75) is 18.8 Å². The molecule has 2 N–H and O–H groups in total. The zero-order chi connectivity index (χ0) is 10.2. The van der Waals surface area contributed by atoms with Gasteiger partial charge in [-0.15, -0.1) is 0 Å². The molecule has 1 aliphatic rings. The van der Waals surface area contributed by atoms with Gasteiger partial charge in [0.25, 0.3) is 0 Å². The van der Waals surface area contributed by atoms with Gasteiger partial charge in [0.1, 0.15) is 0 Å². The molecule has 0 bridgehead atoms. The van der Waals surface area contributed by atoms with Crippen molar-refractivity contribution in [3.05, 3.63) is 35.4 Å². The van der Waals surface area contributed by atoms with Crippen molar-refractivity contribution >= 4 is 0 Å². The van der Waals surface area contributed by atoms with E-state index >= 15 is 0 Å². The number of hydrogen-bond acceptors (Lipinski definition) is 2. The molecule has 2 atom stereocenters. The minimum atomic E-state index is -0.150. The van der Waals surface area contributed by atoms with Crippen molar-refractivity contribution in [2.24, 2.45) is 5.92 Å². The zero-order valence-electron chi connectivity index (χ0n) is 8.40. The molecule has 0 spiro atoms. The Morgan fingerprint density at radius 3 is 2.36 bits per heavy atom. The number of benzene rings is 1. The van der Waals surface area contributed by atoms with Crippen LogP contribution in [0.15, 0.2) is 24.3 Å². The Morgan fingerprint density at radius 2 is 1.93 bits per heavy atom. The smallest absolute Gasteiger partial charge is 0.0531 e. The van der Waals surface area contributed by atoms with E-state index in [0.29, 0.717) is 0 Å². The molecule has 0 aromatic heterocycles. The molecule has 0 aliphatic heterocycles. The highest BCUT2D eigenvalue weighted by atomic mass is 16.3. The molecule has 2 nitrogen and oxygen atoms in total. The van der Waals surface area contributed by atoms with E-state index in [-0.39, 0.29) is 24.5 Å². The van der Waals surface area contributed by atoms with Crippen molar-refractivity contribution < 1.29 is 10.2 Å². The van der Waals surface area contributed by atoms with Gasteiger partial charge in [-0.3, -0.25) is 0 Å². The second-order valence-electron chi connectivity index (χ2n) is 4.26. The first-order chi connectivity index (χ1) is 6.73. The molecular formula is C12H16O2. The van der Waals surface area contributed by atoms with Crippen molar-refractivity contribution in [3.8, 4) is 0 Å². The van der Waals surface area contributed by atoms with Gasteiger partial charge in [-0.2, -0.15) is 0 Å². The van der Waals surface area contributed by atoms with Crippen molar-refractivity contribution in [2.75, 3.05) is 13.2 Å². The fraction of sp³-hybridized carbons (Fsp3) is 0.500. The molecule has 2 rings (SSSR count). The van der Waals surface area contributed by atoms with Crippen LogP contribution in [0, 0.1) is 12.8 Å². The predicted molar refractivity (Wildman–Crippen MR) is 55.1 cm³/mol. The number of hydrogen-bond donors (Lipinski definition) is 2. The summed E-state index contributed by atoms with van der Waals surface area (Å²) >= 11 is 0. The third kappa shape index (κ3) is 1.35. The van der Waals surface area contributed by atoms with E-state index in [1.54, 1.807) is 0 Å². The van der Waals surface area contributed by atoms with E-state index in [9.17, 15) is 5.11 Å². The first-order valence-corrected chi connectivity index (χ1v) is 5.02. The van der Waals surface area contributed by atoms with Gasteiger partial charge in [-0.25, -0.2) is 0 Å². The van der Waals surface area contributed by atoms with Crippen LogP contribution in [0.25, 0.3) is 0 Å². The summed E-state index contributed by atoms with van der Waals surface area (Å²) < 4.78 is 0. The molecule has 2 unspecified atom stereocenters. The third-order valence-corrected chi connectivity index (χ3v) is 3.36. The minimum Gasteiger partial charge on any atom is -0.396 e. The minimum absolute atomic E-state index is 0.140. The fourth-order valence-corrected chi connectivity index (χ4v) is 2.14. The van der Waals surface area contributed by atoms with E-state index < -0.39 is 0 Å². The molecule has 1 aromatic rings. The summed E-state index contributed by atoms with van der Waals surface area (Å²) in [4.78, 5) is 0. The highest BCUT2D eigenvalue weighted by Crippen LogP contribution is 2.53. The molecule has 0 amide bonds. The quantitative estimate of drug-likeness (QED) is 0.756. The highest BCUT2D eigenvalue weighted by Gasteiger charge is 2.54. The Balaban J connectivity index is 2.26. The summed E-state index contributed by atoms with van der Waals surface area (Å²) in [5.74, 6) is 0.246. The Morgan fingerprint density at radius 1 is 1.29 bits per heavy atom. The van der Waals surface area contributed by atoms with Gasteiger partial charge in [0, 0.05) is 12.0 Å². The monoisotopic (exact) mass is 192 g/mol. The Kier molecular flexibility index (Phi) is 2.33. The Hall–Kier alpha value is -0.860. The summed E-state index contributed by atoms with van der Waals surface area (Å²) in [5.41, 5.74) is 2.23. The summed E-state index contributed by atoms with van der Waals surface area (Å²) in [5, 5.41) is 18.4. The molecule has 1 aliphatic carbocycles. The summed E-state index contributed by atoms with van der Waals surface area (Å²) in [6, 6.07) is 8.22. The zero-order valence-corrected chi connectivity index (χ0v) is 8.40. The van der Waals surface area contributed by atoms with Crippen molar-refractivity contribution in [1.29, 1.82) is 0 Å². The van der Waals surface area contributed by atoms with E-state index in [0.717, 1.165) is 12.0 Å². The molecular weight excluding hydrogens is 176 g/mol. The lowest BCUT2D eigenvalue weighted by Gasteiger charge is -2.14. The first-order valence-electron chi connectivity index (χ1n) is 5.02. The molecule has 76 valence electrons. The molecule has 0 radical (unpaired) electrons. The van der Waals surface area contributed by atoms with Crippen LogP contribution < -0.4 is 0 Å². The van der Waals surface area contributed by atoms with E-state index in [1.807, 2.05) is 6.92 Å². The van der Waals surface area contributed by atoms with Crippen LogP contribution in [0.2, 0.25) is 0 Å². The van der Waals surface area contributed by atoms with Gasteiger partial charge in [-0.1, -0.05) is 29.8 Å². The SMILES string of the molecule is Cc1ccc(C2(CO)CC2CO)cc1. The predicted octanol–water partition coefficient (Wildman–Crippen LogP) is 1.24. The number of rotatable bonds is 3. The topological polar surface area (TPSA) is 40.5 Å². The molecule has 0 heterocycles. The number of aliphatic hydroxyl groups is 2. The van der Waals surface area contributed by atoms with Crippen LogP contribution in [0.3, 0.4) is 0 Å². The van der Waals surface area contributed by atoms with Crippen LogP contribution in [0.4, 0.5) is 0 Å². The number of aliphatic hydroxyl groups excluding tert-OH is 2. The van der Waals surface area contributed by atoms with Gasteiger partial charge < -0.3 is 10.2 Å². The summed E-state index contributed by atoms with van der Waals surface area (Å²) in [6.07, 6.45) is 0.906. The van der Waals surface area contributed by atoms with E-state index in [2.05, 4.69) is 24.3 Å². The molecule has 1 saturated carbocycles. The average Bonchev–Trinajstić information content (AvgIpc) is 2.94. The molecule has 1 aromatic carbocycles. The van der Waals surface area contributed by atoms with Crippen LogP contribution in [0.1, 0.15) is 17.5 Å². The normalized spacial score (nSPS) is 30.4. The molecule has 0 saturated heterocycles. The molecule has 14 heavy (non-hydrogen) atoms. The lowest BCUT2D eigenvalue weighted by atomic mass is 9.93. The second-order valence-corrected chi connectivity index (χ2v) is 4.26. The maximum atomic E-state index is 9.37. The van der Waals surface area contributed by atoms with Crippen LogP contribution in [0.5, 0.6) is 0 Å². The summed E-state index contributed by atoms with van der Waals surface area (Å²) in [6.45, 7) is 2.36. The Bertz CT molecular complexity index is 318. The van der Waals surface area contributed by atoms with Crippen molar-refractivity contribution in [3.63, 3.8) is 0 Å². The standard InChI is InChI=1S/C12H16O2/c1-9-2-4-10(5-3-9)12(8-14)6-11(12)7-13/h2-5,11,13-14H,6-8H2,1H3. The molecule has 2 heteroatoms. The van der Waals surface area contributed by atoms with Gasteiger partial charge in [0.15, 0.2) is 0 Å². The maximum Gasteiger partial charge on any atom is 0.0531 e. The lowest BCUT2D eigenvalue weighted by Crippen LogP contribution is -2.16. The second kappa shape index (κ2) is 3.37. The number of aryl methyl sites for hydroxylation is 1. The third-order valence-electron chi connectivity index (χ3n) is 3.36. The van der Waals surface area contributed by atoms with Crippen LogP contribution >= 0.6 is 0 Å². The Labute approximate surface area is 84.2 Å². The van der Waals surface area contributed by atoms with Crippen molar-refractivity contribution in [1.82, 2.24) is 0 Å². The molecule has 1 fully saturated rings. The van der Waals surface area contributed by atoms with E-state index in [4.69, 9.17) is 5.11 Å². The lowest BCUT2D eigenvalue weighted by molar-refractivity contribution is 0.213. The van der Waals surface area contributed by atoms with Gasteiger partial charge >= 0.3 is 0 Å². The summed E-state index contributed by atoms with van der Waals surface area (Å²) in [7, 11) is 0. The van der Waals surface area contributed by atoms with Crippen LogP contribution in [-0.4, -0.2) is 23.4 Å². The first kappa shape index (κ1) is 9.69. The fourth-order valence-electron chi connectivity index (χ4n) is 2.14. The van der Waals surface area contributed by atoms with Gasteiger partial charge in [0.2, 0.25) is 0 Å². The van der Waals surface area contributed by atoms with Crippen LogP contribution in [-0.2, 0) is 5.41 Å². The highest BCUT2D eigenvalue weighted by molar-refractivity contribution is 5.35. The maximum absolute atomic E-state index is 9.37. The average molecular weight is 192 g/mol. The van der Waals surface area contributed by atoms with E-state index in [1.165, 1.54) is 5.56 Å². The van der Waals surface area contributed by atoms with Gasteiger partial charge in [0.05, 0.1) is 6.61 Å².